The molecule has 5 rings (SSSR count). The molecule has 0 unspecified atom stereocenters. The number of aromatic nitrogens is 2. The lowest BCUT2D eigenvalue weighted by atomic mass is 10.1. The van der Waals surface area contributed by atoms with Crippen LogP contribution in [0.25, 0.3) is 21.3 Å². The molecule has 0 spiro atoms. The van der Waals surface area contributed by atoms with E-state index in [4.69, 9.17) is 9.40 Å². The number of hydrogen-bond donors (Lipinski definition) is 2. The number of aromatic amines is 1. The average molecular weight is 485 g/mol. The summed E-state index contributed by atoms with van der Waals surface area (Å²) in [5.74, 6) is 1.29. The number of furan rings is 1. The third-order valence-electron chi connectivity index (χ3n) is 5.76. The standard InChI is InChI=1S/C27H24N4O3S/c1-28-25(32)20-11-9-18(10-12-20)14-31(15-21-8-5-13-34-21)16-23-29-26(33)24-22(17-35-27(24)30-23)19-6-3-2-4-7-19/h2-13,17H,14-16H2,1H3,(H,28,32)(H,29,30,33). The Morgan fingerprint density at radius 1 is 1.03 bits per heavy atom. The maximum atomic E-state index is 13.1. The second-order valence-electron chi connectivity index (χ2n) is 8.21. The van der Waals surface area contributed by atoms with E-state index in [2.05, 4.69) is 15.2 Å². The number of hydrogen-bond acceptors (Lipinski definition) is 6. The molecule has 8 heteroatoms. The van der Waals surface area contributed by atoms with E-state index in [-0.39, 0.29) is 11.5 Å². The van der Waals surface area contributed by atoms with E-state index < -0.39 is 0 Å². The number of fused-ring (bicyclic) bond motifs is 1. The number of nitrogens with zero attached hydrogens (tertiary/aromatic N) is 2. The highest BCUT2D eigenvalue weighted by Crippen LogP contribution is 2.30. The number of carbonyl (C=O) groups is 1. The van der Waals surface area contributed by atoms with Gasteiger partial charge in [0.05, 0.1) is 24.7 Å². The van der Waals surface area contributed by atoms with Crippen LogP contribution in [0.3, 0.4) is 0 Å². The van der Waals surface area contributed by atoms with Crippen molar-refractivity contribution in [2.75, 3.05) is 7.05 Å². The van der Waals surface area contributed by atoms with E-state index in [0.29, 0.717) is 36.4 Å². The molecule has 7 nitrogen and oxygen atoms in total. The number of thiophene rings is 1. The van der Waals surface area contributed by atoms with Crippen LogP contribution in [0.1, 0.15) is 27.5 Å². The van der Waals surface area contributed by atoms with Crippen molar-refractivity contribution in [2.24, 2.45) is 0 Å². The van der Waals surface area contributed by atoms with E-state index in [0.717, 1.165) is 27.3 Å². The van der Waals surface area contributed by atoms with Crippen LogP contribution in [0.4, 0.5) is 0 Å². The Morgan fingerprint density at radius 3 is 2.54 bits per heavy atom. The van der Waals surface area contributed by atoms with Gasteiger partial charge in [-0.25, -0.2) is 4.98 Å². The van der Waals surface area contributed by atoms with E-state index in [1.165, 1.54) is 11.3 Å². The molecule has 0 saturated carbocycles. The fourth-order valence-electron chi connectivity index (χ4n) is 4.07. The van der Waals surface area contributed by atoms with Crippen LogP contribution in [-0.4, -0.2) is 27.8 Å². The predicted molar refractivity (Wildman–Crippen MR) is 137 cm³/mol. The number of carbonyl (C=O) groups excluding carboxylic acids is 1. The molecule has 2 aromatic carbocycles. The van der Waals surface area contributed by atoms with Crippen LogP contribution in [0.2, 0.25) is 0 Å². The molecule has 0 bridgehead atoms. The van der Waals surface area contributed by atoms with E-state index in [1.54, 1.807) is 13.3 Å². The largest absolute Gasteiger partial charge is 0.468 e. The highest BCUT2D eigenvalue weighted by Gasteiger charge is 2.16. The van der Waals surface area contributed by atoms with Gasteiger partial charge in [0.25, 0.3) is 11.5 Å². The zero-order valence-corrected chi connectivity index (χ0v) is 20.0. The first-order valence-corrected chi connectivity index (χ1v) is 12.1. The second kappa shape index (κ2) is 10.1. The minimum Gasteiger partial charge on any atom is -0.468 e. The van der Waals surface area contributed by atoms with Crippen molar-refractivity contribution in [3.05, 3.63) is 111 Å². The van der Waals surface area contributed by atoms with Crippen molar-refractivity contribution < 1.29 is 9.21 Å². The Bertz CT molecular complexity index is 1490. The van der Waals surface area contributed by atoms with Crippen LogP contribution in [-0.2, 0) is 19.6 Å². The number of H-pyrrole nitrogens is 1. The molecule has 2 N–H and O–H groups in total. The lowest BCUT2D eigenvalue weighted by Crippen LogP contribution is -2.25. The summed E-state index contributed by atoms with van der Waals surface area (Å²) in [6, 6.07) is 21.1. The van der Waals surface area contributed by atoms with Crippen molar-refractivity contribution in [1.82, 2.24) is 20.2 Å². The number of rotatable bonds is 8. The average Bonchev–Trinajstić information content (AvgIpc) is 3.55. The Morgan fingerprint density at radius 2 is 1.83 bits per heavy atom. The van der Waals surface area contributed by atoms with Crippen molar-refractivity contribution >= 4 is 27.5 Å². The van der Waals surface area contributed by atoms with Gasteiger partial charge in [0.2, 0.25) is 0 Å². The van der Waals surface area contributed by atoms with Crippen LogP contribution in [0.15, 0.2) is 87.6 Å². The lowest BCUT2D eigenvalue weighted by Gasteiger charge is -2.21. The molecule has 0 aliphatic carbocycles. The van der Waals surface area contributed by atoms with Gasteiger partial charge < -0.3 is 14.7 Å². The highest BCUT2D eigenvalue weighted by molar-refractivity contribution is 7.17. The Balaban J connectivity index is 1.42. The molecule has 0 aliphatic heterocycles. The molecule has 1 amide bonds. The van der Waals surface area contributed by atoms with E-state index >= 15 is 0 Å². The van der Waals surface area contributed by atoms with Gasteiger partial charge in [-0.3, -0.25) is 14.5 Å². The number of nitrogens with one attached hydrogen (secondary N) is 2. The molecule has 3 heterocycles. The first kappa shape index (κ1) is 22.8. The van der Waals surface area contributed by atoms with Gasteiger partial charge in [-0.05, 0) is 35.4 Å². The van der Waals surface area contributed by atoms with E-state index in [9.17, 15) is 9.59 Å². The summed E-state index contributed by atoms with van der Waals surface area (Å²) < 4.78 is 5.57. The molecule has 0 aliphatic rings. The number of amides is 1. The summed E-state index contributed by atoms with van der Waals surface area (Å²) >= 11 is 1.47. The monoisotopic (exact) mass is 484 g/mol. The summed E-state index contributed by atoms with van der Waals surface area (Å²) in [4.78, 5) is 35.6. The first-order chi connectivity index (χ1) is 17.1. The zero-order chi connectivity index (χ0) is 24.2. The van der Waals surface area contributed by atoms with Gasteiger partial charge in [-0.1, -0.05) is 42.5 Å². The van der Waals surface area contributed by atoms with E-state index in [1.807, 2.05) is 72.1 Å². The smallest absolute Gasteiger partial charge is 0.260 e. The molecule has 0 atom stereocenters. The third kappa shape index (κ3) is 5.08. The maximum absolute atomic E-state index is 13.1. The minimum absolute atomic E-state index is 0.120. The summed E-state index contributed by atoms with van der Waals surface area (Å²) in [6.07, 6.45) is 1.65. The zero-order valence-electron chi connectivity index (χ0n) is 19.2. The van der Waals surface area contributed by atoms with Crippen LogP contribution in [0, 0.1) is 0 Å². The molecule has 35 heavy (non-hydrogen) atoms. The Kier molecular flexibility index (Phi) is 6.56. The normalized spacial score (nSPS) is 11.3. The highest BCUT2D eigenvalue weighted by atomic mass is 32.1. The summed E-state index contributed by atoms with van der Waals surface area (Å²) in [6.45, 7) is 1.57. The van der Waals surface area contributed by atoms with Crippen LogP contribution >= 0.6 is 11.3 Å². The quantitative estimate of drug-likeness (QED) is 0.330. The van der Waals surface area contributed by atoms with Gasteiger partial charge in [-0.15, -0.1) is 11.3 Å². The molecular formula is C27H24N4O3S. The lowest BCUT2D eigenvalue weighted by molar-refractivity contribution is 0.0963. The fourth-order valence-corrected chi connectivity index (χ4v) is 5.03. The molecule has 0 radical (unpaired) electrons. The van der Waals surface area contributed by atoms with Crippen molar-refractivity contribution in [1.29, 1.82) is 0 Å². The van der Waals surface area contributed by atoms with Crippen molar-refractivity contribution in [2.45, 2.75) is 19.6 Å². The Hall–Kier alpha value is -4.01. The van der Waals surface area contributed by atoms with Crippen LogP contribution < -0.4 is 10.9 Å². The van der Waals surface area contributed by atoms with Crippen molar-refractivity contribution in [3.8, 4) is 11.1 Å². The maximum Gasteiger partial charge on any atom is 0.260 e. The molecule has 0 fully saturated rings. The summed E-state index contributed by atoms with van der Waals surface area (Å²) in [5.41, 5.74) is 3.40. The molecule has 0 saturated heterocycles. The van der Waals surface area contributed by atoms with Gasteiger partial charge in [0.15, 0.2) is 0 Å². The fraction of sp³-hybridized carbons (Fsp3) is 0.148. The minimum atomic E-state index is -0.141. The molecule has 3 aromatic heterocycles. The number of benzene rings is 2. The topological polar surface area (TPSA) is 91.2 Å². The van der Waals surface area contributed by atoms with Gasteiger partial charge in [0.1, 0.15) is 16.4 Å². The van der Waals surface area contributed by atoms with Gasteiger partial charge in [0, 0.05) is 30.1 Å². The molecule has 5 aromatic rings. The second-order valence-corrected chi connectivity index (χ2v) is 9.07. The molecular weight excluding hydrogens is 460 g/mol. The molecule has 176 valence electrons. The van der Waals surface area contributed by atoms with Gasteiger partial charge >= 0.3 is 0 Å². The summed E-state index contributed by atoms with van der Waals surface area (Å²) in [7, 11) is 1.61. The third-order valence-corrected chi connectivity index (χ3v) is 6.63. The summed E-state index contributed by atoms with van der Waals surface area (Å²) in [5, 5.41) is 5.24. The van der Waals surface area contributed by atoms with Crippen molar-refractivity contribution in [3.63, 3.8) is 0 Å². The Labute approximate surface area is 206 Å². The first-order valence-electron chi connectivity index (χ1n) is 11.2. The van der Waals surface area contributed by atoms with Crippen LogP contribution in [0.5, 0.6) is 0 Å². The SMILES string of the molecule is CNC(=O)c1ccc(CN(Cc2nc3scc(-c4ccccc4)c3c(=O)[nH]2)Cc2ccco2)cc1. The van der Waals surface area contributed by atoms with Gasteiger partial charge in [-0.2, -0.15) is 0 Å². The predicted octanol–water partition coefficient (Wildman–Crippen LogP) is 4.81.